The maximum Gasteiger partial charge on any atom is 0.102 e. The lowest BCUT2D eigenvalue weighted by Gasteiger charge is -2.36. The summed E-state index contributed by atoms with van der Waals surface area (Å²) in [6, 6.07) is 0. The molecule has 0 spiro atoms. The Hall–Kier alpha value is 0.210. The fourth-order valence-corrected chi connectivity index (χ4v) is 1.84. The molecule has 0 amide bonds. The molecule has 0 aromatic heterocycles. The summed E-state index contributed by atoms with van der Waals surface area (Å²) in [5, 5.41) is 0. The minimum absolute atomic E-state index is 0. The maximum atomic E-state index is 5.42. The molecule has 0 rings (SSSR count). The largest absolute Gasteiger partial charge is 1.00 e. The van der Waals surface area contributed by atoms with Gasteiger partial charge in [0, 0.05) is 6.61 Å². The number of rotatable bonds is 8. The van der Waals surface area contributed by atoms with E-state index in [1.807, 2.05) is 0 Å². The Kier molecular flexibility index (Phi) is 11.6. The standard InChI is InChI=1S/C11H26NO.ClH/c1-5-9-12(6-2,7-3)10-11-13-8-4;/h5-11H2,1-4H3;1H/q+1;/p-1. The molecule has 0 atom stereocenters. The van der Waals surface area contributed by atoms with E-state index in [-0.39, 0.29) is 12.4 Å². The smallest absolute Gasteiger partial charge is 0.102 e. The first-order valence-corrected chi connectivity index (χ1v) is 5.67. The Labute approximate surface area is 95.6 Å². The van der Waals surface area contributed by atoms with Gasteiger partial charge in [-0.25, -0.2) is 0 Å². The van der Waals surface area contributed by atoms with E-state index in [9.17, 15) is 0 Å². The van der Waals surface area contributed by atoms with Gasteiger partial charge in [-0.05, 0) is 27.2 Å². The van der Waals surface area contributed by atoms with E-state index >= 15 is 0 Å². The van der Waals surface area contributed by atoms with Crippen molar-refractivity contribution >= 4 is 0 Å². The van der Waals surface area contributed by atoms with Crippen LogP contribution in [0.1, 0.15) is 34.1 Å². The van der Waals surface area contributed by atoms with Crippen LogP contribution >= 0.6 is 0 Å². The highest BCUT2D eigenvalue weighted by Crippen LogP contribution is 2.07. The van der Waals surface area contributed by atoms with Crippen LogP contribution in [0.4, 0.5) is 0 Å². The monoisotopic (exact) mass is 223 g/mol. The van der Waals surface area contributed by atoms with Crippen LogP contribution in [0.2, 0.25) is 0 Å². The molecule has 14 heavy (non-hydrogen) atoms. The van der Waals surface area contributed by atoms with Gasteiger partial charge >= 0.3 is 0 Å². The van der Waals surface area contributed by atoms with E-state index in [1.54, 1.807) is 0 Å². The van der Waals surface area contributed by atoms with Crippen molar-refractivity contribution in [3.8, 4) is 0 Å². The van der Waals surface area contributed by atoms with Crippen molar-refractivity contribution in [2.24, 2.45) is 0 Å². The zero-order valence-corrected chi connectivity index (χ0v) is 10.9. The maximum absolute atomic E-state index is 5.42. The van der Waals surface area contributed by atoms with Crippen molar-refractivity contribution in [2.45, 2.75) is 34.1 Å². The number of likely N-dealkylation sites (N-methyl/N-ethyl adjacent to an activating group) is 1. The molecule has 0 saturated heterocycles. The van der Waals surface area contributed by atoms with Gasteiger partial charge in [-0.15, -0.1) is 0 Å². The van der Waals surface area contributed by atoms with Gasteiger partial charge in [0.25, 0.3) is 0 Å². The molecule has 88 valence electrons. The summed E-state index contributed by atoms with van der Waals surface area (Å²) >= 11 is 0. The minimum Gasteiger partial charge on any atom is -1.00 e. The Bertz CT molecular complexity index is 116. The highest BCUT2D eigenvalue weighted by atomic mass is 35.5. The molecule has 0 radical (unpaired) electrons. The number of quaternary nitrogens is 1. The average Bonchev–Trinajstić information content (AvgIpc) is 2.17. The highest BCUT2D eigenvalue weighted by Gasteiger charge is 2.20. The van der Waals surface area contributed by atoms with E-state index in [4.69, 9.17) is 4.74 Å². The van der Waals surface area contributed by atoms with Crippen molar-refractivity contribution in [3.63, 3.8) is 0 Å². The summed E-state index contributed by atoms with van der Waals surface area (Å²) in [6.07, 6.45) is 1.27. The van der Waals surface area contributed by atoms with Crippen molar-refractivity contribution in [1.82, 2.24) is 0 Å². The van der Waals surface area contributed by atoms with Gasteiger partial charge in [0.1, 0.15) is 6.54 Å². The predicted molar refractivity (Wildman–Crippen MR) is 57.9 cm³/mol. The summed E-state index contributed by atoms with van der Waals surface area (Å²) in [6.45, 7) is 15.6. The van der Waals surface area contributed by atoms with Gasteiger partial charge in [-0.3, -0.25) is 0 Å². The molecule has 0 bridgehead atoms. The summed E-state index contributed by atoms with van der Waals surface area (Å²) in [5.74, 6) is 0. The van der Waals surface area contributed by atoms with E-state index in [0.29, 0.717) is 0 Å². The first-order chi connectivity index (χ1) is 6.24. The second-order valence-electron chi connectivity index (χ2n) is 3.62. The first kappa shape index (κ1) is 16.6. The molecule has 0 fully saturated rings. The molecule has 0 unspecified atom stereocenters. The Balaban J connectivity index is 0. The summed E-state index contributed by atoms with van der Waals surface area (Å²) in [7, 11) is 0. The summed E-state index contributed by atoms with van der Waals surface area (Å²) < 4.78 is 6.64. The number of hydrogen-bond acceptors (Lipinski definition) is 1. The van der Waals surface area contributed by atoms with Gasteiger partial charge in [-0.2, -0.15) is 0 Å². The van der Waals surface area contributed by atoms with Crippen LogP contribution in [0.3, 0.4) is 0 Å². The lowest BCUT2D eigenvalue weighted by molar-refractivity contribution is -0.925. The number of halogens is 1. The molecular weight excluding hydrogens is 198 g/mol. The molecule has 0 aromatic carbocycles. The van der Waals surface area contributed by atoms with Gasteiger partial charge in [-0.1, -0.05) is 6.92 Å². The van der Waals surface area contributed by atoms with Crippen LogP contribution in [0.15, 0.2) is 0 Å². The fourth-order valence-electron chi connectivity index (χ4n) is 1.84. The first-order valence-electron chi connectivity index (χ1n) is 5.67. The molecule has 0 aromatic rings. The molecule has 0 saturated carbocycles. The van der Waals surface area contributed by atoms with Crippen LogP contribution in [0, 0.1) is 0 Å². The van der Waals surface area contributed by atoms with Crippen molar-refractivity contribution in [1.29, 1.82) is 0 Å². The molecule has 0 heterocycles. The summed E-state index contributed by atoms with van der Waals surface area (Å²) in [4.78, 5) is 0. The topological polar surface area (TPSA) is 9.23 Å². The van der Waals surface area contributed by atoms with Crippen molar-refractivity contribution in [2.75, 3.05) is 39.4 Å². The van der Waals surface area contributed by atoms with Crippen LogP contribution in [-0.4, -0.2) is 43.9 Å². The van der Waals surface area contributed by atoms with Crippen LogP contribution in [-0.2, 0) is 4.74 Å². The van der Waals surface area contributed by atoms with E-state index < -0.39 is 0 Å². The van der Waals surface area contributed by atoms with E-state index in [2.05, 4.69) is 27.7 Å². The number of nitrogens with zero attached hydrogens (tertiary/aromatic N) is 1. The summed E-state index contributed by atoms with van der Waals surface area (Å²) in [5.41, 5.74) is 0. The molecular formula is C11H26ClNO. The Morgan fingerprint density at radius 2 is 1.50 bits per heavy atom. The third-order valence-corrected chi connectivity index (χ3v) is 2.95. The predicted octanol–water partition coefficient (Wildman–Crippen LogP) is -0.706. The third kappa shape index (κ3) is 5.84. The quantitative estimate of drug-likeness (QED) is 0.391. The minimum atomic E-state index is 0. The van der Waals surface area contributed by atoms with E-state index in [0.717, 1.165) is 13.2 Å². The molecule has 0 aliphatic rings. The van der Waals surface area contributed by atoms with E-state index in [1.165, 1.54) is 37.1 Å². The van der Waals surface area contributed by atoms with Crippen LogP contribution in [0.25, 0.3) is 0 Å². The highest BCUT2D eigenvalue weighted by molar-refractivity contribution is 4.40. The second-order valence-corrected chi connectivity index (χ2v) is 3.62. The molecule has 0 aliphatic heterocycles. The molecule has 0 aliphatic carbocycles. The Morgan fingerprint density at radius 1 is 0.929 bits per heavy atom. The Morgan fingerprint density at radius 3 is 1.86 bits per heavy atom. The average molecular weight is 224 g/mol. The van der Waals surface area contributed by atoms with Crippen LogP contribution < -0.4 is 12.4 Å². The molecule has 0 N–H and O–H groups in total. The molecule has 2 nitrogen and oxygen atoms in total. The zero-order chi connectivity index (χ0) is 10.2. The SMILES string of the molecule is CCC[N+](CC)(CC)CCOCC.[Cl-]. The van der Waals surface area contributed by atoms with Gasteiger partial charge < -0.3 is 21.6 Å². The number of hydrogen-bond donors (Lipinski definition) is 0. The van der Waals surface area contributed by atoms with Gasteiger partial charge in [0.05, 0.1) is 26.2 Å². The lowest BCUT2D eigenvalue weighted by Crippen LogP contribution is -3.00. The number of ether oxygens (including phenoxy) is 1. The molecule has 3 heteroatoms. The van der Waals surface area contributed by atoms with Crippen molar-refractivity contribution in [3.05, 3.63) is 0 Å². The van der Waals surface area contributed by atoms with Gasteiger partial charge in [0.15, 0.2) is 0 Å². The normalized spacial score (nSPS) is 11.1. The van der Waals surface area contributed by atoms with Crippen LogP contribution in [0.5, 0.6) is 0 Å². The van der Waals surface area contributed by atoms with Crippen molar-refractivity contribution < 1.29 is 21.6 Å². The lowest BCUT2D eigenvalue weighted by atomic mass is 10.3. The van der Waals surface area contributed by atoms with Gasteiger partial charge in [0.2, 0.25) is 0 Å². The fraction of sp³-hybridized carbons (Fsp3) is 1.00. The zero-order valence-electron chi connectivity index (χ0n) is 10.2. The third-order valence-electron chi connectivity index (χ3n) is 2.95. The second kappa shape index (κ2) is 9.75.